The van der Waals surface area contributed by atoms with Crippen molar-refractivity contribution in [3.63, 3.8) is 0 Å². The molecule has 1 amide bonds. The molecule has 0 aliphatic heterocycles. The normalized spacial score (nSPS) is 14.5. The molecule has 36 heavy (non-hydrogen) atoms. The summed E-state index contributed by atoms with van der Waals surface area (Å²) in [6, 6.07) is 14.4. The molecule has 9 heteroatoms. The summed E-state index contributed by atoms with van der Waals surface area (Å²) in [5.41, 5.74) is 11.4. The standard InChI is InChI=1S/C27H25N7O2/c1-16-33-23(34-36-16)15-30-25(35)21-5-2-4-20-22(14-29-24(20)21)27(10-3-11-27)19-8-6-17(7-9-19)18-12-31-26(28)32-13-18/h2,4-9,12-14,29H,3,10-11,15H2,1H3,(H,30,35)(H2,28,31,32). The Morgan fingerprint density at radius 1 is 1.11 bits per heavy atom. The van der Waals surface area contributed by atoms with Crippen molar-refractivity contribution in [1.29, 1.82) is 0 Å². The monoisotopic (exact) mass is 479 g/mol. The Bertz CT molecular complexity index is 1550. The minimum atomic E-state index is -0.186. The molecule has 1 saturated carbocycles. The van der Waals surface area contributed by atoms with E-state index in [4.69, 9.17) is 10.3 Å². The number of aromatic amines is 1. The number of hydrogen-bond donors (Lipinski definition) is 3. The molecule has 9 nitrogen and oxygen atoms in total. The summed E-state index contributed by atoms with van der Waals surface area (Å²) in [4.78, 5) is 28.7. The third kappa shape index (κ3) is 3.69. The van der Waals surface area contributed by atoms with Crippen LogP contribution >= 0.6 is 0 Å². The fourth-order valence-electron chi connectivity index (χ4n) is 5.12. The Balaban J connectivity index is 1.30. The third-order valence-corrected chi connectivity index (χ3v) is 7.10. The van der Waals surface area contributed by atoms with Crippen molar-refractivity contribution in [3.8, 4) is 11.1 Å². The maximum Gasteiger partial charge on any atom is 0.253 e. The first-order valence-corrected chi connectivity index (χ1v) is 11.9. The van der Waals surface area contributed by atoms with E-state index >= 15 is 0 Å². The van der Waals surface area contributed by atoms with Gasteiger partial charge in [0.15, 0.2) is 5.82 Å². The Morgan fingerprint density at radius 3 is 2.56 bits per heavy atom. The van der Waals surface area contributed by atoms with Crippen molar-refractivity contribution < 1.29 is 9.32 Å². The van der Waals surface area contributed by atoms with E-state index in [2.05, 4.69) is 66.9 Å². The quantitative estimate of drug-likeness (QED) is 0.330. The topological polar surface area (TPSA) is 136 Å². The van der Waals surface area contributed by atoms with Gasteiger partial charge in [0.1, 0.15) is 0 Å². The van der Waals surface area contributed by atoms with Crippen molar-refractivity contribution in [1.82, 2.24) is 30.4 Å². The molecule has 6 rings (SSSR count). The Kier molecular flexibility index (Phi) is 5.25. The summed E-state index contributed by atoms with van der Waals surface area (Å²) < 4.78 is 4.98. The second-order valence-electron chi connectivity index (χ2n) is 9.19. The number of carbonyl (C=O) groups is 1. The molecule has 1 aliphatic carbocycles. The predicted molar refractivity (Wildman–Crippen MR) is 135 cm³/mol. The number of para-hydroxylation sites is 1. The average molecular weight is 480 g/mol. The number of anilines is 1. The lowest BCUT2D eigenvalue weighted by atomic mass is 9.60. The number of fused-ring (bicyclic) bond motifs is 1. The van der Waals surface area contributed by atoms with Crippen LogP contribution in [0.5, 0.6) is 0 Å². The van der Waals surface area contributed by atoms with Crippen LogP contribution in [-0.2, 0) is 12.0 Å². The molecule has 0 bridgehead atoms. The number of aryl methyl sites for hydroxylation is 1. The van der Waals surface area contributed by atoms with E-state index in [-0.39, 0.29) is 23.8 Å². The SMILES string of the molecule is Cc1nc(CNC(=O)c2cccc3c(C4(c5ccc(-c6cnc(N)nc6)cc5)CCC4)c[nH]c23)no1. The van der Waals surface area contributed by atoms with Gasteiger partial charge in [-0.05, 0) is 35.6 Å². The lowest BCUT2D eigenvalue weighted by molar-refractivity contribution is 0.0951. The van der Waals surface area contributed by atoms with Gasteiger partial charge < -0.3 is 20.6 Å². The highest BCUT2D eigenvalue weighted by Crippen LogP contribution is 2.51. The minimum Gasteiger partial charge on any atom is -0.368 e. The van der Waals surface area contributed by atoms with Crippen molar-refractivity contribution >= 4 is 22.8 Å². The van der Waals surface area contributed by atoms with Crippen molar-refractivity contribution in [2.45, 2.75) is 38.1 Å². The first-order valence-electron chi connectivity index (χ1n) is 11.9. The molecule has 0 saturated heterocycles. The fourth-order valence-corrected chi connectivity index (χ4v) is 5.12. The highest BCUT2D eigenvalue weighted by atomic mass is 16.5. The molecule has 5 aromatic rings. The number of rotatable bonds is 6. The van der Waals surface area contributed by atoms with Crippen molar-refractivity contribution in [3.05, 3.63) is 89.5 Å². The summed E-state index contributed by atoms with van der Waals surface area (Å²) in [6.07, 6.45) is 8.80. The van der Waals surface area contributed by atoms with Crippen LogP contribution < -0.4 is 11.1 Å². The molecule has 0 unspecified atom stereocenters. The summed E-state index contributed by atoms with van der Waals surface area (Å²) in [5.74, 6) is 0.994. The van der Waals surface area contributed by atoms with Gasteiger partial charge in [0.25, 0.3) is 5.91 Å². The van der Waals surface area contributed by atoms with Gasteiger partial charge in [0.2, 0.25) is 11.8 Å². The van der Waals surface area contributed by atoms with Crippen LogP contribution in [0.3, 0.4) is 0 Å². The zero-order valence-electron chi connectivity index (χ0n) is 19.8. The maximum absolute atomic E-state index is 13.0. The Hall–Kier alpha value is -4.53. The average Bonchev–Trinajstić information content (AvgIpc) is 3.49. The molecule has 0 spiro atoms. The lowest BCUT2D eigenvalue weighted by Crippen LogP contribution is -2.35. The smallest absolute Gasteiger partial charge is 0.253 e. The predicted octanol–water partition coefficient (Wildman–Crippen LogP) is 4.30. The fraction of sp³-hybridized carbons (Fsp3) is 0.222. The van der Waals surface area contributed by atoms with Gasteiger partial charge in [-0.1, -0.05) is 48.0 Å². The molecule has 1 aliphatic rings. The number of aromatic nitrogens is 5. The largest absolute Gasteiger partial charge is 0.368 e. The molecule has 3 aromatic heterocycles. The molecule has 1 fully saturated rings. The van der Waals surface area contributed by atoms with E-state index in [0.717, 1.165) is 41.3 Å². The van der Waals surface area contributed by atoms with E-state index in [1.54, 1.807) is 19.3 Å². The van der Waals surface area contributed by atoms with Gasteiger partial charge in [-0.2, -0.15) is 4.98 Å². The summed E-state index contributed by atoms with van der Waals surface area (Å²) in [5, 5.41) is 7.80. The van der Waals surface area contributed by atoms with Crippen LogP contribution in [-0.4, -0.2) is 31.0 Å². The number of hydrogen-bond acceptors (Lipinski definition) is 7. The van der Waals surface area contributed by atoms with E-state index in [9.17, 15) is 4.79 Å². The van der Waals surface area contributed by atoms with E-state index < -0.39 is 0 Å². The highest BCUT2D eigenvalue weighted by molar-refractivity contribution is 6.06. The second-order valence-corrected chi connectivity index (χ2v) is 9.19. The molecule has 3 heterocycles. The number of benzene rings is 2. The minimum absolute atomic E-state index is 0.0916. The van der Waals surface area contributed by atoms with E-state index in [0.29, 0.717) is 17.3 Å². The first-order chi connectivity index (χ1) is 17.5. The number of nitrogen functional groups attached to an aromatic ring is 1. The molecule has 4 N–H and O–H groups in total. The van der Waals surface area contributed by atoms with Gasteiger partial charge in [-0.3, -0.25) is 4.79 Å². The maximum atomic E-state index is 13.0. The highest BCUT2D eigenvalue weighted by Gasteiger charge is 2.42. The van der Waals surface area contributed by atoms with E-state index in [1.165, 1.54) is 11.1 Å². The molecular formula is C27H25N7O2. The molecule has 0 radical (unpaired) electrons. The van der Waals surface area contributed by atoms with Crippen LogP contribution in [0.25, 0.3) is 22.0 Å². The molecular weight excluding hydrogens is 454 g/mol. The van der Waals surface area contributed by atoms with E-state index in [1.807, 2.05) is 12.1 Å². The zero-order chi connectivity index (χ0) is 24.7. The van der Waals surface area contributed by atoms with Gasteiger partial charge >= 0.3 is 0 Å². The number of nitrogens with two attached hydrogens (primary N) is 1. The first kappa shape index (κ1) is 22.0. The Morgan fingerprint density at radius 2 is 1.89 bits per heavy atom. The number of carbonyl (C=O) groups excluding carboxylic acids is 1. The zero-order valence-corrected chi connectivity index (χ0v) is 19.8. The summed E-state index contributed by atoms with van der Waals surface area (Å²) in [6.45, 7) is 1.92. The number of H-pyrrole nitrogens is 1. The van der Waals surface area contributed by atoms with Crippen LogP contribution in [0.2, 0.25) is 0 Å². The lowest BCUT2D eigenvalue weighted by Gasteiger charge is -2.43. The molecule has 0 atom stereocenters. The molecule has 180 valence electrons. The van der Waals surface area contributed by atoms with Crippen LogP contribution in [0.4, 0.5) is 5.95 Å². The van der Waals surface area contributed by atoms with Gasteiger partial charge in [-0.15, -0.1) is 0 Å². The Labute approximate surface area is 207 Å². The van der Waals surface area contributed by atoms with Crippen LogP contribution in [0.1, 0.15) is 52.5 Å². The van der Waals surface area contributed by atoms with Gasteiger partial charge in [0.05, 0.1) is 17.6 Å². The summed E-state index contributed by atoms with van der Waals surface area (Å²) >= 11 is 0. The number of amides is 1. The van der Waals surface area contributed by atoms with Crippen molar-refractivity contribution in [2.75, 3.05) is 5.73 Å². The van der Waals surface area contributed by atoms with Crippen LogP contribution in [0, 0.1) is 6.92 Å². The number of nitrogens with one attached hydrogen (secondary N) is 2. The molecule has 2 aromatic carbocycles. The van der Waals surface area contributed by atoms with Gasteiger partial charge in [-0.25, -0.2) is 9.97 Å². The van der Waals surface area contributed by atoms with Crippen LogP contribution in [0.15, 0.2) is 65.6 Å². The number of nitrogens with zero attached hydrogens (tertiary/aromatic N) is 4. The van der Waals surface area contributed by atoms with Crippen molar-refractivity contribution in [2.24, 2.45) is 0 Å². The third-order valence-electron chi connectivity index (χ3n) is 7.10. The van der Waals surface area contributed by atoms with Gasteiger partial charge in [0, 0.05) is 41.9 Å². The second kappa shape index (κ2) is 8.60. The summed E-state index contributed by atoms with van der Waals surface area (Å²) in [7, 11) is 0.